The van der Waals surface area contributed by atoms with Crippen molar-refractivity contribution in [2.75, 3.05) is 11.4 Å². The summed E-state index contributed by atoms with van der Waals surface area (Å²) in [5, 5.41) is 7.61. The Bertz CT molecular complexity index is 1030. The van der Waals surface area contributed by atoms with Crippen LogP contribution in [0.4, 0.5) is 18.9 Å². The molecule has 1 aliphatic rings. The number of carbonyl (C=O) groups excluding carboxylic acids is 1. The molecule has 0 bridgehead atoms. The number of fused-ring (bicyclic) bond motifs is 2. The molecule has 0 saturated heterocycles. The lowest BCUT2D eigenvalue weighted by atomic mass is 10.0. The van der Waals surface area contributed by atoms with Gasteiger partial charge < -0.3 is 4.90 Å². The van der Waals surface area contributed by atoms with Crippen molar-refractivity contribution in [2.45, 2.75) is 36.3 Å². The molecule has 3 aromatic rings. The van der Waals surface area contributed by atoms with Gasteiger partial charge in [0.05, 0.1) is 10.8 Å². The summed E-state index contributed by atoms with van der Waals surface area (Å²) >= 11 is 1.11. The minimum Gasteiger partial charge on any atom is -0.311 e. The number of hydrogen-bond donors (Lipinski definition) is 0. The van der Waals surface area contributed by atoms with Gasteiger partial charge in [0, 0.05) is 18.4 Å². The quantitative estimate of drug-likeness (QED) is 0.612. The van der Waals surface area contributed by atoms with E-state index < -0.39 is 17.0 Å². The summed E-state index contributed by atoms with van der Waals surface area (Å²) in [6, 6.07) is 10.0. The largest absolute Gasteiger partial charge is 0.417 e. The van der Waals surface area contributed by atoms with E-state index in [0.717, 1.165) is 48.1 Å². The highest BCUT2D eigenvalue weighted by Gasteiger charge is 2.32. The second kappa shape index (κ2) is 7.12. The number of aromatic nitrogens is 3. The molecule has 9 heteroatoms. The summed E-state index contributed by atoms with van der Waals surface area (Å²) in [5.41, 5.74) is 1.54. The topological polar surface area (TPSA) is 50.5 Å². The third-order valence-electron chi connectivity index (χ3n) is 4.70. The predicted molar refractivity (Wildman–Crippen MR) is 100 cm³/mol. The lowest BCUT2D eigenvalue weighted by Crippen LogP contribution is -2.40. The van der Waals surface area contributed by atoms with Crippen LogP contribution < -0.4 is 4.90 Å². The maximum absolute atomic E-state index is 13.0. The molecule has 0 saturated carbocycles. The minimum atomic E-state index is -4.46. The van der Waals surface area contributed by atoms with Crippen molar-refractivity contribution >= 4 is 29.0 Å². The standard InChI is InChI=1S/C19H17F3N4OS/c1-12(17(27)25-10-4-6-13-5-2-3-7-15(13)25)28-18-24-23-16-9-8-14(11-26(16)18)19(20,21)22/h2-3,5,7-9,11-12H,4,6,10H2,1H3. The van der Waals surface area contributed by atoms with E-state index in [1.807, 2.05) is 24.3 Å². The number of benzene rings is 1. The smallest absolute Gasteiger partial charge is 0.311 e. The molecule has 0 radical (unpaired) electrons. The zero-order valence-electron chi connectivity index (χ0n) is 15.0. The first-order valence-corrected chi connectivity index (χ1v) is 9.70. The van der Waals surface area contributed by atoms with Crippen LogP contribution >= 0.6 is 11.8 Å². The molecule has 0 N–H and O–H groups in total. The number of pyridine rings is 1. The zero-order chi connectivity index (χ0) is 19.9. The van der Waals surface area contributed by atoms with Gasteiger partial charge in [-0.25, -0.2) is 0 Å². The molecule has 1 unspecified atom stereocenters. The van der Waals surface area contributed by atoms with Crippen LogP contribution in [-0.4, -0.2) is 32.3 Å². The normalized spacial score (nSPS) is 15.5. The molecule has 28 heavy (non-hydrogen) atoms. The van der Waals surface area contributed by atoms with Gasteiger partial charge in [0.25, 0.3) is 0 Å². The van der Waals surface area contributed by atoms with Crippen molar-refractivity contribution in [1.82, 2.24) is 14.6 Å². The van der Waals surface area contributed by atoms with Crippen molar-refractivity contribution in [3.05, 3.63) is 53.7 Å². The van der Waals surface area contributed by atoms with Gasteiger partial charge in [-0.05, 0) is 43.5 Å². The van der Waals surface area contributed by atoms with Crippen molar-refractivity contribution < 1.29 is 18.0 Å². The van der Waals surface area contributed by atoms with Crippen LogP contribution in [0, 0.1) is 0 Å². The van der Waals surface area contributed by atoms with Gasteiger partial charge in [-0.2, -0.15) is 13.2 Å². The van der Waals surface area contributed by atoms with E-state index in [0.29, 0.717) is 12.2 Å². The summed E-state index contributed by atoms with van der Waals surface area (Å²) in [6.07, 6.45) is -1.69. The fourth-order valence-electron chi connectivity index (χ4n) is 3.31. The Balaban J connectivity index is 1.59. The first-order valence-electron chi connectivity index (χ1n) is 8.82. The number of amides is 1. The van der Waals surface area contributed by atoms with Crippen molar-refractivity contribution in [3.8, 4) is 0 Å². The number of alkyl halides is 3. The Morgan fingerprint density at radius 2 is 1.96 bits per heavy atom. The van der Waals surface area contributed by atoms with Gasteiger partial charge >= 0.3 is 6.18 Å². The number of anilines is 1. The lowest BCUT2D eigenvalue weighted by molar-refractivity contribution is -0.137. The van der Waals surface area contributed by atoms with Gasteiger partial charge in [-0.15, -0.1) is 10.2 Å². The Morgan fingerprint density at radius 1 is 1.18 bits per heavy atom. The first-order chi connectivity index (χ1) is 13.3. The van der Waals surface area contributed by atoms with Crippen LogP contribution in [0.2, 0.25) is 0 Å². The molecule has 4 rings (SSSR count). The molecule has 0 aliphatic carbocycles. The molecule has 1 amide bonds. The Kier molecular flexibility index (Phi) is 4.78. The fraction of sp³-hybridized carbons (Fsp3) is 0.316. The average molecular weight is 406 g/mol. The van der Waals surface area contributed by atoms with E-state index >= 15 is 0 Å². The molecule has 1 aromatic carbocycles. The van der Waals surface area contributed by atoms with Gasteiger partial charge in [-0.1, -0.05) is 30.0 Å². The number of hydrogen-bond acceptors (Lipinski definition) is 4. The second-order valence-electron chi connectivity index (χ2n) is 6.61. The van der Waals surface area contributed by atoms with E-state index in [1.165, 1.54) is 10.5 Å². The van der Waals surface area contributed by atoms with Gasteiger partial charge in [0.2, 0.25) is 5.91 Å². The van der Waals surface area contributed by atoms with Crippen LogP contribution in [0.25, 0.3) is 5.65 Å². The van der Waals surface area contributed by atoms with E-state index in [2.05, 4.69) is 10.2 Å². The average Bonchev–Trinajstić information content (AvgIpc) is 3.08. The fourth-order valence-corrected chi connectivity index (χ4v) is 4.20. The highest BCUT2D eigenvalue weighted by Crippen LogP contribution is 2.32. The Morgan fingerprint density at radius 3 is 2.75 bits per heavy atom. The Labute approximate surface area is 163 Å². The third kappa shape index (κ3) is 3.46. The molecule has 1 atom stereocenters. The molecule has 0 spiro atoms. The summed E-state index contributed by atoms with van der Waals surface area (Å²) < 4.78 is 40.3. The molecule has 5 nitrogen and oxygen atoms in total. The van der Waals surface area contributed by atoms with Crippen molar-refractivity contribution in [1.29, 1.82) is 0 Å². The summed E-state index contributed by atoms with van der Waals surface area (Å²) in [7, 11) is 0. The number of rotatable bonds is 3. The van der Waals surface area contributed by atoms with E-state index in [4.69, 9.17) is 0 Å². The number of nitrogens with zero attached hydrogens (tertiary/aromatic N) is 4. The van der Waals surface area contributed by atoms with Gasteiger partial charge in [0.15, 0.2) is 10.8 Å². The summed E-state index contributed by atoms with van der Waals surface area (Å²) in [4.78, 5) is 14.8. The van der Waals surface area contributed by atoms with Crippen molar-refractivity contribution in [3.63, 3.8) is 0 Å². The van der Waals surface area contributed by atoms with E-state index in [-0.39, 0.29) is 11.1 Å². The number of para-hydroxylation sites is 1. The van der Waals surface area contributed by atoms with Crippen LogP contribution in [-0.2, 0) is 17.4 Å². The molecule has 3 heterocycles. The maximum atomic E-state index is 13.0. The predicted octanol–water partition coefficient (Wildman–Crippen LogP) is 4.21. The van der Waals surface area contributed by atoms with Gasteiger partial charge in [0.1, 0.15) is 0 Å². The van der Waals surface area contributed by atoms with E-state index in [9.17, 15) is 18.0 Å². The lowest BCUT2D eigenvalue weighted by Gasteiger charge is -2.31. The highest BCUT2D eigenvalue weighted by atomic mass is 32.2. The molecule has 0 fully saturated rings. The summed E-state index contributed by atoms with van der Waals surface area (Å²) in [5.74, 6) is -0.0964. The minimum absolute atomic E-state index is 0.0964. The SMILES string of the molecule is CC(Sc1nnc2ccc(C(F)(F)F)cn12)C(=O)N1CCCc2ccccc21. The number of thioether (sulfide) groups is 1. The number of aryl methyl sites for hydroxylation is 1. The third-order valence-corrected chi connectivity index (χ3v) is 5.75. The van der Waals surface area contributed by atoms with Crippen molar-refractivity contribution in [2.24, 2.45) is 0 Å². The zero-order valence-corrected chi connectivity index (χ0v) is 15.8. The van der Waals surface area contributed by atoms with Gasteiger partial charge in [-0.3, -0.25) is 9.20 Å². The summed E-state index contributed by atoms with van der Waals surface area (Å²) in [6.45, 7) is 2.36. The van der Waals surface area contributed by atoms with Crippen LogP contribution in [0.15, 0.2) is 47.8 Å². The first kappa shape index (κ1) is 18.8. The molecule has 1 aliphatic heterocycles. The highest BCUT2D eigenvalue weighted by molar-refractivity contribution is 8.00. The number of halogens is 3. The van der Waals surface area contributed by atoms with Crippen LogP contribution in [0.3, 0.4) is 0 Å². The monoisotopic (exact) mass is 406 g/mol. The Hall–Kier alpha value is -2.55. The van der Waals surface area contributed by atoms with Crippen LogP contribution in [0.1, 0.15) is 24.5 Å². The molecular formula is C19H17F3N4OS. The van der Waals surface area contributed by atoms with E-state index in [1.54, 1.807) is 11.8 Å². The molecule has 146 valence electrons. The second-order valence-corrected chi connectivity index (χ2v) is 7.92. The maximum Gasteiger partial charge on any atom is 0.417 e. The number of carbonyl (C=O) groups is 1. The molecule has 2 aromatic heterocycles. The van der Waals surface area contributed by atoms with Crippen LogP contribution in [0.5, 0.6) is 0 Å². The molecular weight excluding hydrogens is 389 g/mol.